The highest BCUT2D eigenvalue weighted by Gasteiger charge is 2.33. The highest BCUT2D eigenvalue weighted by atomic mass is 16.7. The van der Waals surface area contributed by atoms with E-state index in [4.69, 9.17) is 13.9 Å². The number of nitrogens with zero attached hydrogens (tertiary/aromatic N) is 3. The number of likely N-dealkylation sites (N-methyl/N-ethyl adjacent to an activating group) is 1. The summed E-state index contributed by atoms with van der Waals surface area (Å²) in [5, 5.41) is 10.1. The van der Waals surface area contributed by atoms with Gasteiger partial charge < -0.3 is 24.1 Å². The molecule has 2 amide bonds. The van der Waals surface area contributed by atoms with E-state index >= 15 is 0 Å². The zero-order chi connectivity index (χ0) is 26.3. The molecule has 0 saturated carbocycles. The van der Waals surface area contributed by atoms with Gasteiger partial charge in [0.25, 0.3) is 5.91 Å². The minimum absolute atomic E-state index is 0.0216. The third-order valence-electron chi connectivity index (χ3n) is 4.85. The Balaban J connectivity index is 2.12. The van der Waals surface area contributed by atoms with E-state index in [9.17, 15) is 14.4 Å². The molecule has 0 aliphatic rings. The molecule has 1 aromatic carbocycles. The summed E-state index contributed by atoms with van der Waals surface area (Å²) in [6, 6.07) is 8.46. The van der Waals surface area contributed by atoms with Gasteiger partial charge in [-0.2, -0.15) is 0 Å². The Morgan fingerprint density at radius 3 is 2.29 bits per heavy atom. The van der Waals surface area contributed by atoms with Crippen molar-refractivity contribution in [1.82, 2.24) is 20.4 Å². The van der Waals surface area contributed by atoms with Gasteiger partial charge in [0, 0.05) is 26.6 Å². The first-order valence-corrected chi connectivity index (χ1v) is 11.1. The number of hydrogen-bond donors (Lipinski definition) is 1. The molecule has 1 unspecified atom stereocenters. The Bertz CT molecular complexity index is 1100. The van der Waals surface area contributed by atoms with Crippen LogP contribution in [0.25, 0.3) is 0 Å². The Morgan fingerprint density at radius 2 is 1.74 bits per heavy atom. The molecule has 0 saturated heterocycles. The Morgan fingerprint density at radius 1 is 1.11 bits per heavy atom. The molecule has 0 bridgehead atoms. The van der Waals surface area contributed by atoms with Crippen LogP contribution in [-0.4, -0.2) is 51.8 Å². The number of esters is 1. The summed E-state index contributed by atoms with van der Waals surface area (Å²) in [5.41, 5.74) is -0.416. The third kappa shape index (κ3) is 7.53. The standard InChI is InChI=1S/C25H32N4O6/c1-15(2)14-20(34-18(5)35-24(32)19-12-10-9-11-13-19)23(31)29(8)16(3)25(6,7)26-21(30)22-28-27-17(4)33-22/h9-15,18H,3H2,1-2,4-8H3,(H,26,30). The number of hydrogen-bond acceptors (Lipinski definition) is 8. The molecule has 0 fully saturated rings. The number of carbonyl (C=O) groups is 3. The fourth-order valence-corrected chi connectivity index (χ4v) is 2.96. The van der Waals surface area contributed by atoms with E-state index in [1.807, 2.05) is 13.8 Å². The van der Waals surface area contributed by atoms with Gasteiger partial charge in [-0.25, -0.2) is 4.79 Å². The lowest BCUT2D eigenvalue weighted by Gasteiger charge is -2.34. The fourth-order valence-electron chi connectivity index (χ4n) is 2.96. The smallest absolute Gasteiger partial charge is 0.341 e. The van der Waals surface area contributed by atoms with E-state index in [0.29, 0.717) is 5.56 Å². The predicted molar refractivity (Wildman–Crippen MR) is 128 cm³/mol. The monoisotopic (exact) mass is 484 g/mol. The number of amides is 2. The molecule has 0 aliphatic carbocycles. The average Bonchev–Trinajstić information content (AvgIpc) is 3.23. The predicted octanol–water partition coefficient (Wildman–Crippen LogP) is 3.62. The molecule has 0 aliphatic heterocycles. The van der Waals surface area contributed by atoms with Crippen LogP contribution in [0, 0.1) is 12.8 Å². The number of carbonyl (C=O) groups excluding carboxylic acids is 3. The lowest BCUT2D eigenvalue weighted by molar-refractivity contribution is -0.135. The first-order valence-electron chi connectivity index (χ1n) is 11.1. The molecule has 0 radical (unpaired) electrons. The first kappa shape index (κ1) is 27.3. The second-order valence-electron chi connectivity index (χ2n) is 8.75. The molecular formula is C25H32N4O6. The summed E-state index contributed by atoms with van der Waals surface area (Å²) in [4.78, 5) is 39.4. The highest BCUT2D eigenvalue weighted by Crippen LogP contribution is 2.22. The van der Waals surface area contributed by atoms with Crippen LogP contribution >= 0.6 is 0 Å². The minimum atomic E-state index is -1.06. The Hall–Kier alpha value is -3.95. The van der Waals surface area contributed by atoms with E-state index in [0.717, 1.165) is 0 Å². The van der Waals surface area contributed by atoms with Crippen molar-refractivity contribution >= 4 is 17.8 Å². The number of nitrogens with one attached hydrogen (secondary N) is 1. The maximum atomic E-state index is 13.3. The number of rotatable bonds is 10. The van der Waals surface area contributed by atoms with E-state index in [2.05, 4.69) is 22.1 Å². The zero-order valence-electron chi connectivity index (χ0n) is 21.1. The molecule has 2 rings (SSSR count). The van der Waals surface area contributed by atoms with Gasteiger partial charge in [-0.1, -0.05) is 38.6 Å². The number of allylic oxidation sites excluding steroid dienone is 1. The van der Waals surface area contributed by atoms with Crippen molar-refractivity contribution in [3.05, 3.63) is 71.8 Å². The van der Waals surface area contributed by atoms with Gasteiger partial charge in [0.2, 0.25) is 12.2 Å². The van der Waals surface area contributed by atoms with Crippen molar-refractivity contribution < 1.29 is 28.3 Å². The van der Waals surface area contributed by atoms with Crippen molar-refractivity contribution in [2.75, 3.05) is 7.05 Å². The maximum Gasteiger partial charge on any atom is 0.341 e. The van der Waals surface area contributed by atoms with E-state index < -0.39 is 29.6 Å². The highest BCUT2D eigenvalue weighted by molar-refractivity contribution is 5.94. The van der Waals surface area contributed by atoms with Gasteiger partial charge >= 0.3 is 17.8 Å². The second-order valence-corrected chi connectivity index (χ2v) is 8.75. The van der Waals surface area contributed by atoms with Crippen molar-refractivity contribution in [2.45, 2.75) is 53.4 Å². The van der Waals surface area contributed by atoms with Gasteiger partial charge in [0.15, 0.2) is 5.76 Å². The molecule has 10 nitrogen and oxygen atoms in total. The van der Waals surface area contributed by atoms with Crippen LogP contribution in [0.15, 0.2) is 58.9 Å². The van der Waals surface area contributed by atoms with Crippen LogP contribution in [0.5, 0.6) is 0 Å². The molecule has 1 atom stereocenters. The molecule has 0 spiro atoms. The van der Waals surface area contributed by atoms with Crippen molar-refractivity contribution in [1.29, 1.82) is 0 Å². The Labute approximate surface area is 205 Å². The largest absolute Gasteiger partial charge is 0.450 e. The summed E-state index contributed by atoms with van der Waals surface area (Å²) in [7, 11) is 1.51. The van der Waals surface area contributed by atoms with Crippen LogP contribution in [0.4, 0.5) is 0 Å². The third-order valence-corrected chi connectivity index (χ3v) is 4.85. The number of ether oxygens (including phenoxy) is 2. The topological polar surface area (TPSA) is 124 Å². The van der Waals surface area contributed by atoms with Gasteiger partial charge in [-0.3, -0.25) is 9.59 Å². The van der Waals surface area contributed by atoms with E-state index in [1.165, 1.54) is 18.9 Å². The van der Waals surface area contributed by atoms with Crippen LogP contribution in [0.1, 0.15) is 61.6 Å². The van der Waals surface area contributed by atoms with E-state index in [1.54, 1.807) is 57.2 Å². The fraction of sp³-hybridized carbons (Fsp3) is 0.400. The SMILES string of the molecule is C=C(N(C)C(=O)C(=CC(C)C)OC(C)OC(=O)c1ccccc1)C(C)(C)NC(=O)c1nnc(C)o1. The summed E-state index contributed by atoms with van der Waals surface area (Å²) in [6.45, 7) is 14.2. The summed E-state index contributed by atoms with van der Waals surface area (Å²) < 4.78 is 16.2. The van der Waals surface area contributed by atoms with Crippen molar-refractivity contribution in [3.63, 3.8) is 0 Å². The van der Waals surface area contributed by atoms with Crippen LogP contribution in [0.3, 0.4) is 0 Å². The van der Waals surface area contributed by atoms with E-state index in [-0.39, 0.29) is 29.2 Å². The van der Waals surface area contributed by atoms with Gasteiger partial charge in [-0.05, 0) is 38.0 Å². The molecule has 1 heterocycles. The molecule has 1 N–H and O–H groups in total. The van der Waals surface area contributed by atoms with Crippen LogP contribution in [-0.2, 0) is 14.3 Å². The molecule has 10 heteroatoms. The second kappa shape index (κ2) is 11.5. The van der Waals surface area contributed by atoms with Gasteiger partial charge in [-0.15, -0.1) is 10.2 Å². The average molecular weight is 485 g/mol. The van der Waals surface area contributed by atoms with Gasteiger partial charge in [0.05, 0.1) is 11.1 Å². The van der Waals surface area contributed by atoms with Gasteiger partial charge in [0.1, 0.15) is 0 Å². The van der Waals surface area contributed by atoms with Crippen molar-refractivity contribution in [3.8, 4) is 0 Å². The number of benzene rings is 1. The van der Waals surface area contributed by atoms with Crippen LogP contribution < -0.4 is 5.32 Å². The lowest BCUT2D eigenvalue weighted by atomic mass is 10.00. The molecule has 35 heavy (non-hydrogen) atoms. The molecule has 1 aromatic heterocycles. The number of aromatic nitrogens is 2. The van der Waals surface area contributed by atoms with Crippen molar-refractivity contribution in [2.24, 2.45) is 5.92 Å². The normalized spacial score (nSPS) is 12.6. The first-order chi connectivity index (χ1) is 16.3. The van der Waals surface area contributed by atoms with Crippen LogP contribution in [0.2, 0.25) is 0 Å². The summed E-state index contributed by atoms with van der Waals surface area (Å²) in [5.74, 6) is -1.72. The molecule has 2 aromatic rings. The maximum absolute atomic E-state index is 13.3. The summed E-state index contributed by atoms with van der Waals surface area (Å²) in [6.07, 6.45) is 0.581. The lowest BCUT2D eigenvalue weighted by Crippen LogP contribution is -2.50. The summed E-state index contributed by atoms with van der Waals surface area (Å²) >= 11 is 0. The minimum Gasteiger partial charge on any atom is -0.450 e. The Kier molecular flexibility index (Phi) is 8.93. The quantitative estimate of drug-likeness (QED) is 0.235. The molecular weight excluding hydrogens is 452 g/mol. The molecule has 188 valence electrons. The zero-order valence-corrected chi connectivity index (χ0v) is 21.1. The number of aryl methyl sites for hydroxylation is 1.